The number of hydrogen-bond acceptors (Lipinski definition) is 6. The van der Waals surface area contributed by atoms with Gasteiger partial charge in [0.05, 0.1) is 0 Å². The molecule has 55 heavy (non-hydrogen) atoms. The summed E-state index contributed by atoms with van der Waals surface area (Å²) in [5, 5.41) is 0. The topological polar surface area (TPSA) is 78.9 Å². The van der Waals surface area contributed by atoms with Crippen molar-refractivity contribution in [3.63, 3.8) is 0 Å². The summed E-state index contributed by atoms with van der Waals surface area (Å²) >= 11 is 0. The molecule has 0 heterocycles. The SMILES string of the molecule is CCCCCCCCCCCCCC(=O)OC[C@H](COC(=O)CCCCCCCCCCCCCC(C)C)OC(=O)CCCCCCCCCCCC(C)C. The monoisotopic (exact) mass is 779 g/mol. The van der Waals surface area contributed by atoms with E-state index < -0.39 is 6.10 Å². The van der Waals surface area contributed by atoms with E-state index in [2.05, 4.69) is 34.6 Å². The van der Waals surface area contributed by atoms with Crippen LogP contribution in [0, 0.1) is 11.8 Å². The maximum atomic E-state index is 12.7. The van der Waals surface area contributed by atoms with Gasteiger partial charge in [-0.25, -0.2) is 0 Å². The highest BCUT2D eigenvalue weighted by atomic mass is 16.6. The lowest BCUT2D eigenvalue weighted by Gasteiger charge is -2.18. The summed E-state index contributed by atoms with van der Waals surface area (Å²) in [7, 11) is 0. The lowest BCUT2D eigenvalue weighted by atomic mass is 10.0. The van der Waals surface area contributed by atoms with Crippen LogP contribution in [0.3, 0.4) is 0 Å². The molecule has 0 radical (unpaired) electrons. The first-order valence-electron chi connectivity index (χ1n) is 24.2. The van der Waals surface area contributed by atoms with Crippen molar-refractivity contribution < 1.29 is 28.6 Å². The first kappa shape index (κ1) is 53.4. The second-order valence-electron chi connectivity index (χ2n) is 17.7. The third kappa shape index (κ3) is 43.4. The van der Waals surface area contributed by atoms with Crippen LogP contribution < -0.4 is 0 Å². The molecule has 0 aromatic rings. The van der Waals surface area contributed by atoms with Gasteiger partial charge >= 0.3 is 17.9 Å². The van der Waals surface area contributed by atoms with Crippen LogP contribution >= 0.6 is 0 Å². The molecular weight excluding hydrogens is 685 g/mol. The Morgan fingerprint density at radius 2 is 0.600 bits per heavy atom. The quantitative estimate of drug-likeness (QED) is 0.0348. The smallest absolute Gasteiger partial charge is 0.306 e. The van der Waals surface area contributed by atoms with E-state index in [0.717, 1.165) is 69.6 Å². The molecule has 0 fully saturated rings. The maximum absolute atomic E-state index is 12.7. The Kier molecular flexibility index (Phi) is 40.8. The molecule has 0 amide bonds. The number of rotatable bonds is 43. The van der Waals surface area contributed by atoms with Gasteiger partial charge in [-0.3, -0.25) is 14.4 Å². The fourth-order valence-electron chi connectivity index (χ4n) is 7.28. The second-order valence-corrected chi connectivity index (χ2v) is 17.7. The molecule has 0 rings (SSSR count). The summed E-state index contributed by atoms with van der Waals surface area (Å²) in [4.78, 5) is 37.8. The summed E-state index contributed by atoms with van der Waals surface area (Å²) in [6, 6.07) is 0. The minimum absolute atomic E-state index is 0.0645. The largest absolute Gasteiger partial charge is 0.462 e. The summed E-state index contributed by atoms with van der Waals surface area (Å²) in [5.74, 6) is 0.778. The average molecular weight is 779 g/mol. The normalized spacial score (nSPS) is 12.1. The molecule has 6 heteroatoms. The standard InChI is InChI=1S/C49H94O6/c1-6-7-8-9-10-11-13-19-24-29-34-39-47(50)53-42-46(55-49(52)41-36-31-26-21-16-18-23-28-33-38-45(4)5)43-54-48(51)40-35-30-25-20-15-12-14-17-22-27-32-37-44(2)3/h44-46H,6-43H2,1-5H3/t46-/m1/s1. The number of ether oxygens (including phenoxy) is 3. The van der Waals surface area contributed by atoms with Crippen LogP contribution in [0.1, 0.15) is 266 Å². The van der Waals surface area contributed by atoms with Crippen LogP contribution in [-0.4, -0.2) is 37.2 Å². The Bertz CT molecular complexity index is 839. The first-order valence-corrected chi connectivity index (χ1v) is 24.2. The predicted molar refractivity (Wildman–Crippen MR) is 233 cm³/mol. The zero-order chi connectivity index (χ0) is 40.5. The van der Waals surface area contributed by atoms with Gasteiger partial charge in [0, 0.05) is 19.3 Å². The fourth-order valence-corrected chi connectivity index (χ4v) is 7.28. The third-order valence-electron chi connectivity index (χ3n) is 11.0. The Balaban J connectivity index is 4.32. The highest BCUT2D eigenvalue weighted by Crippen LogP contribution is 2.17. The molecule has 326 valence electrons. The Morgan fingerprint density at radius 3 is 0.891 bits per heavy atom. The second kappa shape index (κ2) is 42.0. The number of unbranched alkanes of at least 4 members (excludes halogenated alkanes) is 28. The van der Waals surface area contributed by atoms with Gasteiger partial charge in [-0.1, -0.05) is 227 Å². The minimum atomic E-state index is -0.761. The Morgan fingerprint density at radius 1 is 0.345 bits per heavy atom. The molecule has 0 unspecified atom stereocenters. The van der Waals surface area contributed by atoms with Crippen molar-refractivity contribution in [2.75, 3.05) is 13.2 Å². The lowest BCUT2D eigenvalue weighted by molar-refractivity contribution is -0.167. The zero-order valence-corrected chi connectivity index (χ0v) is 37.6. The van der Waals surface area contributed by atoms with Gasteiger partial charge in [-0.15, -0.1) is 0 Å². The van der Waals surface area contributed by atoms with Crippen molar-refractivity contribution in [2.45, 2.75) is 272 Å². The van der Waals surface area contributed by atoms with Gasteiger partial charge in [0.2, 0.25) is 0 Å². The average Bonchev–Trinajstić information content (AvgIpc) is 3.15. The molecule has 0 spiro atoms. The van der Waals surface area contributed by atoms with E-state index in [4.69, 9.17) is 14.2 Å². The lowest BCUT2D eigenvalue weighted by Crippen LogP contribution is -2.30. The Hall–Kier alpha value is -1.59. The number of esters is 3. The van der Waals surface area contributed by atoms with Crippen molar-refractivity contribution in [3.05, 3.63) is 0 Å². The molecule has 0 aliphatic carbocycles. The molecule has 1 atom stereocenters. The maximum Gasteiger partial charge on any atom is 0.306 e. The predicted octanol–water partition coefficient (Wildman–Crippen LogP) is 15.4. The zero-order valence-electron chi connectivity index (χ0n) is 37.6. The van der Waals surface area contributed by atoms with Gasteiger partial charge < -0.3 is 14.2 Å². The molecular formula is C49H94O6. The Labute approximate surface area is 342 Å². The van der Waals surface area contributed by atoms with Gasteiger partial charge in [0.25, 0.3) is 0 Å². The highest BCUT2D eigenvalue weighted by molar-refractivity contribution is 5.71. The fraction of sp³-hybridized carbons (Fsp3) is 0.939. The molecule has 0 aliphatic rings. The highest BCUT2D eigenvalue weighted by Gasteiger charge is 2.19. The molecule has 0 saturated heterocycles. The van der Waals surface area contributed by atoms with Crippen LogP contribution in [-0.2, 0) is 28.6 Å². The van der Waals surface area contributed by atoms with Crippen molar-refractivity contribution in [1.29, 1.82) is 0 Å². The van der Waals surface area contributed by atoms with E-state index in [0.29, 0.717) is 19.3 Å². The molecule has 0 N–H and O–H groups in total. The minimum Gasteiger partial charge on any atom is -0.462 e. The van der Waals surface area contributed by atoms with Crippen molar-refractivity contribution in [1.82, 2.24) is 0 Å². The molecule has 0 aliphatic heterocycles. The van der Waals surface area contributed by atoms with Crippen LogP contribution in [0.25, 0.3) is 0 Å². The van der Waals surface area contributed by atoms with E-state index in [1.54, 1.807) is 0 Å². The van der Waals surface area contributed by atoms with E-state index >= 15 is 0 Å². The summed E-state index contributed by atoms with van der Waals surface area (Å²) in [6.07, 6.45) is 40.9. The molecule has 0 bridgehead atoms. The van der Waals surface area contributed by atoms with E-state index in [9.17, 15) is 14.4 Å². The van der Waals surface area contributed by atoms with Crippen molar-refractivity contribution in [3.8, 4) is 0 Å². The summed E-state index contributed by atoms with van der Waals surface area (Å²) in [5.41, 5.74) is 0. The van der Waals surface area contributed by atoms with Crippen LogP contribution in [0.5, 0.6) is 0 Å². The summed E-state index contributed by atoms with van der Waals surface area (Å²) < 4.78 is 16.8. The number of carbonyl (C=O) groups is 3. The first-order chi connectivity index (χ1) is 26.7. The molecule has 0 aromatic carbocycles. The molecule has 6 nitrogen and oxygen atoms in total. The third-order valence-corrected chi connectivity index (χ3v) is 11.0. The summed E-state index contributed by atoms with van der Waals surface area (Å²) in [6.45, 7) is 11.3. The van der Waals surface area contributed by atoms with Crippen LogP contribution in [0.4, 0.5) is 0 Å². The van der Waals surface area contributed by atoms with E-state index in [1.165, 1.54) is 154 Å². The van der Waals surface area contributed by atoms with Gasteiger partial charge in [0.1, 0.15) is 13.2 Å². The van der Waals surface area contributed by atoms with Gasteiger partial charge in [-0.05, 0) is 31.1 Å². The van der Waals surface area contributed by atoms with Crippen LogP contribution in [0.15, 0.2) is 0 Å². The number of hydrogen-bond donors (Lipinski definition) is 0. The number of carbonyl (C=O) groups excluding carboxylic acids is 3. The van der Waals surface area contributed by atoms with Crippen LogP contribution in [0.2, 0.25) is 0 Å². The van der Waals surface area contributed by atoms with Gasteiger partial charge in [-0.2, -0.15) is 0 Å². The van der Waals surface area contributed by atoms with E-state index in [1.807, 2.05) is 0 Å². The van der Waals surface area contributed by atoms with E-state index in [-0.39, 0.29) is 31.1 Å². The molecule has 0 saturated carbocycles. The van der Waals surface area contributed by atoms with Crippen molar-refractivity contribution in [2.24, 2.45) is 11.8 Å². The van der Waals surface area contributed by atoms with Crippen molar-refractivity contribution >= 4 is 17.9 Å². The molecule has 0 aromatic heterocycles. The van der Waals surface area contributed by atoms with Gasteiger partial charge in [0.15, 0.2) is 6.10 Å².